The molecule has 0 bridgehead atoms. The molecule has 17 heavy (non-hydrogen) atoms. The minimum atomic E-state index is 0.249. The van der Waals surface area contributed by atoms with Gasteiger partial charge in [0.15, 0.2) is 0 Å². The molecule has 0 amide bonds. The molecule has 0 unspecified atom stereocenters. The molecule has 0 aromatic rings. The van der Waals surface area contributed by atoms with Crippen LogP contribution in [0.3, 0.4) is 0 Å². The molecule has 0 heterocycles. The summed E-state index contributed by atoms with van der Waals surface area (Å²) in [5.74, 6) is 0. The molecular weight excluding hydrogens is 212 g/mol. The van der Waals surface area contributed by atoms with Gasteiger partial charge in [-0.05, 0) is 31.1 Å². The van der Waals surface area contributed by atoms with E-state index < -0.39 is 0 Å². The molecule has 2 aliphatic rings. The molecule has 0 spiro atoms. The van der Waals surface area contributed by atoms with Gasteiger partial charge in [-0.1, -0.05) is 19.3 Å². The van der Waals surface area contributed by atoms with Gasteiger partial charge in [-0.15, -0.1) is 0 Å². The van der Waals surface area contributed by atoms with Gasteiger partial charge < -0.3 is 5.11 Å². The molecule has 96 valence electrons. The lowest BCUT2D eigenvalue weighted by atomic mass is 9.92. The molecule has 2 aliphatic carbocycles. The van der Waals surface area contributed by atoms with Gasteiger partial charge in [0, 0.05) is 25.6 Å². The summed E-state index contributed by atoms with van der Waals surface area (Å²) in [6.07, 6.45) is 9.69. The first-order chi connectivity index (χ1) is 8.29. The topological polar surface area (TPSA) is 47.3 Å². The third kappa shape index (κ3) is 3.43. The van der Waals surface area contributed by atoms with Gasteiger partial charge in [0.05, 0.1) is 12.7 Å². The van der Waals surface area contributed by atoms with E-state index in [4.69, 9.17) is 5.26 Å². The molecule has 0 aromatic carbocycles. The van der Waals surface area contributed by atoms with Crippen molar-refractivity contribution < 1.29 is 5.11 Å². The van der Waals surface area contributed by atoms with E-state index in [0.29, 0.717) is 12.5 Å². The average Bonchev–Trinajstić information content (AvgIpc) is 3.10. The van der Waals surface area contributed by atoms with E-state index in [1.165, 1.54) is 44.9 Å². The average molecular weight is 236 g/mol. The van der Waals surface area contributed by atoms with E-state index >= 15 is 0 Å². The zero-order chi connectivity index (χ0) is 12.1. The molecular formula is C14H24N2O. The van der Waals surface area contributed by atoms with Crippen molar-refractivity contribution in [2.24, 2.45) is 5.41 Å². The molecule has 0 saturated heterocycles. The van der Waals surface area contributed by atoms with Crippen LogP contribution < -0.4 is 0 Å². The first-order valence-corrected chi connectivity index (χ1v) is 7.01. The van der Waals surface area contributed by atoms with Gasteiger partial charge in [0.1, 0.15) is 0 Å². The van der Waals surface area contributed by atoms with Crippen LogP contribution in [0.1, 0.15) is 51.4 Å². The number of nitrogens with zero attached hydrogens (tertiary/aromatic N) is 2. The quantitative estimate of drug-likeness (QED) is 0.770. The highest BCUT2D eigenvalue weighted by Crippen LogP contribution is 2.49. The highest BCUT2D eigenvalue weighted by molar-refractivity contribution is 5.01. The number of aliphatic hydroxyl groups is 1. The van der Waals surface area contributed by atoms with Crippen molar-refractivity contribution in [2.75, 3.05) is 19.7 Å². The van der Waals surface area contributed by atoms with E-state index in [2.05, 4.69) is 11.0 Å². The molecule has 1 N–H and O–H groups in total. The van der Waals surface area contributed by atoms with E-state index in [1.54, 1.807) is 0 Å². The summed E-state index contributed by atoms with van der Waals surface area (Å²) < 4.78 is 0. The van der Waals surface area contributed by atoms with Crippen LogP contribution in [-0.2, 0) is 0 Å². The molecule has 0 aromatic heterocycles. The van der Waals surface area contributed by atoms with Gasteiger partial charge in [-0.25, -0.2) is 0 Å². The smallest absolute Gasteiger partial charge is 0.0628 e. The Hall–Kier alpha value is -0.590. The lowest BCUT2D eigenvalue weighted by molar-refractivity contribution is 0.101. The van der Waals surface area contributed by atoms with Crippen molar-refractivity contribution in [1.82, 2.24) is 4.90 Å². The Kier molecular flexibility index (Phi) is 4.42. The molecule has 3 heteroatoms. The highest BCUT2D eigenvalue weighted by atomic mass is 16.3. The van der Waals surface area contributed by atoms with Crippen LogP contribution in [0.15, 0.2) is 0 Å². The second kappa shape index (κ2) is 5.84. The fourth-order valence-electron chi connectivity index (χ4n) is 3.13. The van der Waals surface area contributed by atoms with Gasteiger partial charge in [-0.2, -0.15) is 5.26 Å². The molecule has 0 atom stereocenters. The summed E-state index contributed by atoms with van der Waals surface area (Å²) in [7, 11) is 0. The highest BCUT2D eigenvalue weighted by Gasteiger charge is 2.44. The summed E-state index contributed by atoms with van der Waals surface area (Å²) in [6, 6.07) is 2.99. The number of rotatable bonds is 6. The van der Waals surface area contributed by atoms with E-state index in [-0.39, 0.29) is 12.0 Å². The lowest BCUT2D eigenvalue weighted by Crippen LogP contribution is -2.42. The lowest BCUT2D eigenvalue weighted by Gasteiger charge is -2.36. The zero-order valence-corrected chi connectivity index (χ0v) is 10.7. The van der Waals surface area contributed by atoms with E-state index in [1.807, 2.05) is 0 Å². The van der Waals surface area contributed by atoms with Crippen LogP contribution in [0.25, 0.3) is 0 Å². The number of hydrogen-bond donors (Lipinski definition) is 1. The molecule has 2 fully saturated rings. The Morgan fingerprint density at radius 3 is 2.47 bits per heavy atom. The van der Waals surface area contributed by atoms with Gasteiger partial charge >= 0.3 is 0 Å². The van der Waals surface area contributed by atoms with Crippen LogP contribution in [0.2, 0.25) is 0 Å². The molecule has 3 nitrogen and oxygen atoms in total. The summed E-state index contributed by atoms with van der Waals surface area (Å²) in [5, 5.41) is 18.1. The normalized spacial score (nSPS) is 23.6. The summed E-state index contributed by atoms with van der Waals surface area (Å²) in [4.78, 5) is 2.46. The minimum absolute atomic E-state index is 0.249. The third-order valence-electron chi connectivity index (χ3n) is 4.43. The Balaban J connectivity index is 1.90. The first-order valence-electron chi connectivity index (χ1n) is 7.01. The third-order valence-corrected chi connectivity index (χ3v) is 4.43. The number of nitriles is 1. The van der Waals surface area contributed by atoms with Crippen molar-refractivity contribution in [3.63, 3.8) is 0 Å². The SMILES string of the molecule is N#CCC1(CN(CCO)C2CCCCC2)CC1. The maximum atomic E-state index is 9.21. The monoisotopic (exact) mass is 236 g/mol. The van der Waals surface area contributed by atoms with Gasteiger partial charge in [0.25, 0.3) is 0 Å². The second-order valence-corrected chi connectivity index (χ2v) is 5.82. The summed E-state index contributed by atoms with van der Waals surface area (Å²) in [5.41, 5.74) is 0.279. The van der Waals surface area contributed by atoms with E-state index in [9.17, 15) is 5.11 Å². The van der Waals surface area contributed by atoms with Crippen LogP contribution in [0.4, 0.5) is 0 Å². The van der Waals surface area contributed by atoms with Crippen LogP contribution in [0, 0.1) is 16.7 Å². The summed E-state index contributed by atoms with van der Waals surface area (Å²) >= 11 is 0. The van der Waals surface area contributed by atoms with Crippen molar-refractivity contribution in [3.05, 3.63) is 0 Å². The fourth-order valence-corrected chi connectivity index (χ4v) is 3.13. The zero-order valence-electron chi connectivity index (χ0n) is 10.7. The largest absolute Gasteiger partial charge is 0.395 e. The number of hydrogen-bond acceptors (Lipinski definition) is 3. The number of aliphatic hydroxyl groups excluding tert-OH is 1. The van der Waals surface area contributed by atoms with Crippen molar-refractivity contribution in [1.29, 1.82) is 5.26 Å². The maximum Gasteiger partial charge on any atom is 0.0628 e. The van der Waals surface area contributed by atoms with E-state index in [0.717, 1.165) is 13.1 Å². The molecule has 2 saturated carbocycles. The molecule has 0 aliphatic heterocycles. The Bertz CT molecular complexity index is 274. The standard InChI is InChI=1S/C14H24N2O/c15-9-8-14(6-7-14)12-16(10-11-17)13-4-2-1-3-5-13/h13,17H,1-8,10-12H2. The van der Waals surface area contributed by atoms with Crippen molar-refractivity contribution in [3.8, 4) is 6.07 Å². The van der Waals surface area contributed by atoms with Gasteiger partial charge in [0.2, 0.25) is 0 Å². The Morgan fingerprint density at radius 1 is 1.24 bits per heavy atom. The Labute approximate surface area is 104 Å². The molecule has 0 radical (unpaired) electrons. The van der Waals surface area contributed by atoms with Crippen LogP contribution >= 0.6 is 0 Å². The minimum Gasteiger partial charge on any atom is -0.395 e. The van der Waals surface area contributed by atoms with Gasteiger partial charge in [-0.3, -0.25) is 4.90 Å². The predicted octanol–water partition coefficient (Wildman–Crippen LogP) is 2.31. The Morgan fingerprint density at radius 2 is 1.94 bits per heavy atom. The molecule has 2 rings (SSSR count). The first kappa shape index (κ1) is 12.9. The van der Waals surface area contributed by atoms with Crippen LogP contribution in [-0.4, -0.2) is 35.7 Å². The fraction of sp³-hybridized carbons (Fsp3) is 0.929. The maximum absolute atomic E-state index is 9.21. The predicted molar refractivity (Wildman–Crippen MR) is 67.4 cm³/mol. The summed E-state index contributed by atoms with van der Waals surface area (Å²) in [6.45, 7) is 2.07. The second-order valence-electron chi connectivity index (χ2n) is 5.82. The van der Waals surface area contributed by atoms with Crippen molar-refractivity contribution >= 4 is 0 Å². The van der Waals surface area contributed by atoms with Crippen LogP contribution in [0.5, 0.6) is 0 Å². The van der Waals surface area contributed by atoms with Crippen molar-refractivity contribution in [2.45, 2.75) is 57.4 Å².